The minimum Gasteiger partial charge on any atom is -0.440 e. The Hall–Kier alpha value is -2.92. The van der Waals surface area contributed by atoms with Crippen LogP contribution in [0.3, 0.4) is 0 Å². The molecule has 1 N–H and O–H groups in total. The summed E-state index contributed by atoms with van der Waals surface area (Å²) in [5.41, 5.74) is 0.889. The molecule has 1 aromatic carbocycles. The van der Waals surface area contributed by atoms with E-state index in [-0.39, 0.29) is 0 Å². The summed E-state index contributed by atoms with van der Waals surface area (Å²) in [6, 6.07) is 5.70. The average molecular weight is 304 g/mol. The first-order valence-corrected chi connectivity index (χ1v) is 6.44. The van der Waals surface area contributed by atoms with Crippen LogP contribution in [0.1, 0.15) is 19.4 Å². The predicted octanol–water partition coefficient (Wildman–Crippen LogP) is 2.03. The van der Waals surface area contributed by atoms with Crippen molar-refractivity contribution >= 4 is 24.2 Å². The van der Waals surface area contributed by atoms with E-state index in [1.807, 2.05) is 0 Å². The predicted molar refractivity (Wildman–Crippen MR) is 78.8 cm³/mol. The van der Waals surface area contributed by atoms with Gasteiger partial charge in [-0.05, 0) is 31.5 Å². The van der Waals surface area contributed by atoms with E-state index in [0.717, 1.165) is 5.56 Å². The Labute approximate surface area is 127 Å². The maximum absolute atomic E-state index is 11.6. The van der Waals surface area contributed by atoms with Crippen molar-refractivity contribution in [1.29, 1.82) is 0 Å². The lowest BCUT2D eigenvalue weighted by Crippen LogP contribution is -2.39. The second-order valence-electron chi connectivity index (χ2n) is 4.28. The van der Waals surface area contributed by atoms with Gasteiger partial charge in [0.15, 0.2) is 12.3 Å². The van der Waals surface area contributed by atoms with Gasteiger partial charge in [0.1, 0.15) is 5.75 Å². The van der Waals surface area contributed by atoms with Gasteiger partial charge < -0.3 is 9.47 Å². The minimum atomic E-state index is -0.982. The number of carbonyl (C=O) groups excluding carboxylic acids is 3. The number of aliphatic imine (C=N–C) groups is 1. The number of amides is 1. The molecule has 1 aromatic rings. The quantitative estimate of drug-likeness (QED) is 0.375. The molecule has 0 saturated heterocycles. The Kier molecular flexibility index (Phi) is 6.53. The van der Waals surface area contributed by atoms with Gasteiger partial charge in [-0.15, -0.1) is 0 Å². The number of nitrogens with one attached hydrogen (secondary N) is 1. The summed E-state index contributed by atoms with van der Waals surface area (Å²) in [5.74, 6) is -0.424. The largest absolute Gasteiger partial charge is 0.440 e. The Bertz CT molecular complexity index is 590. The van der Waals surface area contributed by atoms with E-state index in [1.165, 1.54) is 19.9 Å². The molecule has 0 bridgehead atoms. The highest BCUT2D eigenvalue weighted by atomic mass is 16.6. The van der Waals surface area contributed by atoms with Crippen LogP contribution in [0.25, 0.3) is 6.08 Å². The summed E-state index contributed by atoms with van der Waals surface area (Å²) in [6.45, 7) is 6.43. The first-order valence-electron chi connectivity index (χ1n) is 6.44. The normalized spacial score (nSPS) is 12.3. The number of hydrogen-bond acceptors (Lipinski definition) is 6. The fourth-order valence-electron chi connectivity index (χ4n) is 1.41. The fraction of sp³-hybridized carbons (Fsp3) is 0.267. The zero-order chi connectivity index (χ0) is 16.5. The number of rotatable bonds is 6. The number of isocyanates is 1. The molecule has 0 aromatic heterocycles. The molecule has 1 amide bonds. The van der Waals surface area contributed by atoms with E-state index < -0.39 is 24.3 Å². The third kappa shape index (κ3) is 5.60. The van der Waals surface area contributed by atoms with Crippen molar-refractivity contribution in [3.63, 3.8) is 0 Å². The number of nitrogens with zero attached hydrogens (tertiary/aromatic N) is 1. The highest BCUT2D eigenvalue weighted by Crippen LogP contribution is 2.13. The molecule has 0 saturated carbocycles. The number of benzene rings is 1. The van der Waals surface area contributed by atoms with Gasteiger partial charge in [0, 0.05) is 0 Å². The van der Waals surface area contributed by atoms with E-state index in [2.05, 4.69) is 16.9 Å². The SMILES string of the molecule is C=Cc1ccc(OC(=O)NC(C)OC(=O)C(C)N=C=O)cc1. The van der Waals surface area contributed by atoms with Gasteiger partial charge in [0.05, 0.1) is 0 Å². The maximum atomic E-state index is 11.6. The third-order valence-corrected chi connectivity index (χ3v) is 2.53. The van der Waals surface area contributed by atoms with Gasteiger partial charge >= 0.3 is 12.1 Å². The number of esters is 1. The first-order chi connectivity index (χ1) is 10.5. The number of ether oxygens (including phenoxy) is 2. The number of carbonyl (C=O) groups is 2. The molecule has 0 radical (unpaired) electrons. The van der Waals surface area contributed by atoms with E-state index in [0.29, 0.717) is 5.75 Å². The Morgan fingerprint density at radius 3 is 2.50 bits per heavy atom. The zero-order valence-electron chi connectivity index (χ0n) is 12.2. The van der Waals surface area contributed by atoms with Crippen LogP contribution in [-0.2, 0) is 14.3 Å². The third-order valence-electron chi connectivity index (χ3n) is 2.53. The van der Waals surface area contributed by atoms with Crippen molar-refractivity contribution in [2.45, 2.75) is 26.1 Å². The number of hydrogen-bond donors (Lipinski definition) is 1. The van der Waals surface area contributed by atoms with Crippen LogP contribution in [0.4, 0.5) is 4.79 Å². The molecule has 1 rings (SSSR count). The van der Waals surface area contributed by atoms with Crippen molar-refractivity contribution < 1.29 is 23.9 Å². The summed E-state index contributed by atoms with van der Waals surface area (Å²) in [6.07, 6.45) is 1.21. The molecular weight excluding hydrogens is 288 g/mol. The molecule has 7 nitrogen and oxygen atoms in total. The van der Waals surface area contributed by atoms with E-state index in [4.69, 9.17) is 9.47 Å². The summed E-state index contributed by atoms with van der Waals surface area (Å²) >= 11 is 0. The first kappa shape index (κ1) is 17.1. The van der Waals surface area contributed by atoms with Crippen LogP contribution >= 0.6 is 0 Å². The van der Waals surface area contributed by atoms with Crippen molar-refractivity contribution in [3.8, 4) is 5.75 Å². The standard InChI is InChI=1S/C15H16N2O5/c1-4-12-5-7-13(8-6-12)22-15(20)17-11(3)21-14(19)10(2)16-9-18/h4-8,10-11H,1H2,2-3H3,(H,17,20). The van der Waals surface area contributed by atoms with Gasteiger partial charge in [-0.25, -0.2) is 14.4 Å². The second kappa shape index (κ2) is 8.39. The van der Waals surface area contributed by atoms with Gasteiger partial charge in [-0.3, -0.25) is 5.32 Å². The molecule has 0 fully saturated rings. The van der Waals surface area contributed by atoms with Crippen molar-refractivity contribution in [2.24, 2.45) is 4.99 Å². The minimum absolute atomic E-state index is 0.334. The molecule has 0 aliphatic rings. The summed E-state index contributed by atoms with van der Waals surface area (Å²) in [7, 11) is 0. The topological polar surface area (TPSA) is 94.1 Å². The summed E-state index contributed by atoms with van der Waals surface area (Å²) in [4.78, 5) is 36.3. The van der Waals surface area contributed by atoms with Crippen molar-refractivity contribution in [1.82, 2.24) is 5.32 Å². The van der Waals surface area contributed by atoms with Gasteiger partial charge in [-0.1, -0.05) is 24.8 Å². The molecule has 116 valence electrons. The van der Waals surface area contributed by atoms with Gasteiger partial charge in [0.2, 0.25) is 6.08 Å². The Balaban J connectivity index is 2.48. The van der Waals surface area contributed by atoms with E-state index in [9.17, 15) is 14.4 Å². The highest BCUT2D eigenvalue weighted by Gasteiger charge is 2.18. The molecule has 22 heavy (non-hydrogen) atoms. The van der Waals surface area contributed by atoms with Crippen LogP contribution in [-0.4, -0.2) is 30.4 Å². The second-order valence-corrected chi connectivity index (χ2v) is 4.28. The van der Waals surface area contributed by atoms with Crippen LogP contribution in [0.5, 0.6) is 5.75 Å². The summed E-state index contributed by atoms with van der Waals surface area (Å²) in [5, 5.41) is 2.32. The van der Waals surface area contributed by atoms with Crippen LogP contribution in [0, 0.1) is 0 Å². The fourth-order valence-corrected chi connectivity index (χ4v) is 1.41. The van der Waals surface area contributed by atoms with E-state index >= 15 is 0 Å². The lowest BCUT2D eigenvalue weighted by molar-refractivity contribution is -0.150. The lowest BCUT2D eigenvalue weighted by atomic mass is 10.2. The zero-order valence-corrected chi connectivity index (χ0v) is 12.2. The molecule has 0 spiro atoms. The molecule has 7 heteroatoms. The molecular formula is C15H16N2O5. The lowest BCUT2D eigenvalue weighted by Gasteiger charge is -2.15. The molecule has 0 aliphatic carbocycles. The van der Waals surface area contributed by atoms with Crippen molar-refractivity contribution in [2.75, 3.05) is 0 Å². The monoisotopic (exact) mass is 304 g/mol. The highest BCUT2D eigenvalue weighted by molar-refractivity contribution is 5.77. The van der Waals surface area contributed by atoms with Crippen LogP contribution in [0.15, 0.2) is 35.8 Å². The van der Waals surface area contributed by atoms with Gasteiger partial charge in [0.25, 0.3) is 0 Å². The molecule has 0 heterocycles. The van der Waals surface area contributed by atoms with Crippen molar-refractivity contribution in [3.05, 3.63) is 36.4 Å². The molecule has 2 atom stereocenters. The smallest absolute Gasteiger partial charge is 0.415 e. The van der Waals surface area contributed by atoms with Crippen LogP contribution in [0.2, 0.25) is 0 Å². The van der Waals surface area contributed by atoms with Gasteiger partial charge in [-0.2, -0.15) is 4.99 Å². The maximum Gasteiger partial charge on any atom is 0.415 e. The molecule has 2 unspecified atom stereocenters. The average Bonchev–Trinajstić information content (AvgIpc) is 2.47. The molecule has 0 aliphatic heterocycles. The summed E-state index contributed by atoms with van der Waals surface area (Å²) < 4.78 is 9.89. The van der Waals surface area contributed by atoms with Crippen LogP contribution < -0.4 is 10.1 Å². The van der Waals surface area contributed by atoms with E-state index in [1.54, 1.807) is 30.3 Å². The Morgan fingerprint density at radius 2 is 1.95 bits per heavy atom. The Morgan fingerprint density at radius 1 is 1.32 bits per heavy atom.